The Hall–Kier alpha value is -2.22. The molecule has 7 nitrogen and oxygen atoms in total. The molecule has 2 saturated carbocycles. The third-order valence-electron chi connectivity index (χ3n) is 7.63. The summed E-state index contributed by atoms with van der Waals surface area (Å²) >= 11 is 6.10. The van der Waals surface area contributed by atoms with Gasteiger partial charge in [0.05, 0.1) is 16.9 Å². The predicted molar refractivity (Wildman–Crippen MR) is 107 cm³/mol. The zero-order chi connectivity index (χ0) is 20.5. The lowest BCUT2D eigenvalue weighted by Crippen LogP contribution is -2.71. The SMILES string of the molecule is O=C(N1CC2(CC(Cc3ncc(F)cc3Cl)C2)C1)N1CC2(CC(c3ncn[nH]3)C2)C1. The van der Waals surface area contributed by atoms with Crippen LogP contribution in [0.4, 0.5) is 9.18 Å². The van der Waals surface area contributed by atoms with E-state index in [9.17, 15) is 9.18 Å². The normalized spacial score (nSPS) is 24.3. The number of hydrogen-bond donors (Lipinski definition) is 1. The van der Waals surface area contributed by atoms with Crippen LogP contribution in [0.1, 0.15) is 43.1 Å². The molecule has 2 aromatic rings. The van der Waals surface area contributed by atoms with Gasteiger partial charge in [-0.1, -0.05) is 11.6 Å². The number of nitrogens with one attached hydrogen (secondary N) is 1. The molecule has 0 radical (unpaired) electrons. The van der Waals surface area contributed by atoms with Gasteiger partial charge < -0.3 is 9.80 Å². The summed E-state index contributed by atoms with van der Waals surface area (Å²) in [5.41, 5.74) is 1.36. The number of rotatable bonds is 3. The molecule has 4 aliphatic rings. The molecule has 0 bridgehead atoms. The average molecular weight is 431 g/mol. The fourth-order valence-corrected chi connectivity index (χ4v) is 6.51. The summed E-state index contributed by atoms with van der Waals surface area (Å²) in [7, 11) is 0. The lowest BCUT2D eigenvalue weighted by molar-refractivity contribution is -0.100. The summed E-state index contributed by atoms with van der Waals surface area (Å²) in [4.78, 5) is 25.2. The Labute approximate surface area is 179 Å². The number of aromatic amines is 1. The van der Waals surface area contributed by atoms with Gasteiger partial charge in [-0.3, -0.25) is 10.1 Å². The van der Waals surface area contributed by atoms with Crippen LogP contribution in [-0.2, 0) is 6.42 Å². The third-order valence-corrected chi connectivity index (χ3v) is 7.96. The molecule has 0 atom stereocenters. The van der Waals surface area contributed by atoms with Gasteiger partial charge in [0, 0.05) is 42.9 Å². The van der Waals surface area contributed by atoms with Crippen LogP contribution in [0.3, 0.4) is 0 Å². The van der Waals surface area contributed by atoms with Gasteiger partial charge in [-0.2, -0.15) is 5.10 Å². The number of aromatic nitrogens is 4. The van der Waals surface area contributed by atoms with Gasteiger partial charge in [0.1, 0.15) is 18.0 Å². The van der Waals surface area contributed by atoms with E-state index in [2.05, 4.69) is 20.2 Å². The lowest BCUT2D eigenvalue weighted by Gasteiger charge is -2.63. The van der Waals surface area contributed by atoms with Crippen LogP contribution in [0, 0.1) is 22.6 Å². The highest BCUT2D eigenvalue weighted by atomic mass is 35.5. The smallest absolute Gasteiger partial charge is 0.320 e. The van der Waals surface area contributed by atoms with Crippen molar-refractivity contribution in [1.29, 1.82) is 0 Å². The van der Waals surface area contributed by atoms with Crippen molar-refractivity contribution in [3.05, 3.63) is 40.9 Å². The third kappa shape index (κ3) is 2.91. The maximum atomic E-state index is 13.1. The minimum atomic E-state index is -0.398. The number of pyridine rings is 1. The molecule has 4 fully saturated rings. The summed E-state index contributed by atoms with van der Waals surface area (Å²) in [6, 6.07) is 1.53. The fraction of sp³-hybridized carbons (Fsp3) is 0.619. The van der Waals surface area contributed by atoms with Crippen molar-refractivity contribution in [2.75, 3.05) is 26.2 Å². The number of hydrogen-bond acceptors (Lipinski definition) is 4. The maximum absolute atomic E-state index is 13.1. The Balaban J connectivity index is 0.948. The first-order valence-electron chi connectivity index (χ1n) is 10.6. The Bertz CT molecular complexity index is 969. The number of likely N-dealkylation sites (tertiary alicyclic amines) is 2. The van der Waals surface area contributed by atoms with Gasteiger partial charge in [-0.15, -0.1) is 0 Å². The fourth-order valence-electron chi connectivity index (χ4n) is 6.28. The van der Waals surface area contributed by atoms with Crippen LogP contribution < -0.4 is 0 Å². The Morgan fingerprint density at radius 3 is 2.40 bits per heavy atom. The van der Waals surface area contributed by atoms with Crippen LogP contribution in [0.5, 0.6) is 0 Å². The quantitative estimate of drug-likeness (QED) is 0.810. The summed E-state index contributed by atoms with van der Waals surface area (Å²) in [6.07, 6.45) is 7.95. The first kappa shape index (κ1) is 18.5. The van der Waals surface area contributed by atoms with Crippen LogP contribution in [0.15, 0.2) is 18.6 Å². The van der Waals surface area contributed by atoms with Crippen molar-refractivity contribution >= 4 is 17.6 Å². The summed E-state index contributed by atoms with van der Waals surface area (Å²) in [5.74, 6) is 1.57. The number of carbonyl (C=O) groups excluding carboxylic acids is 1. The average Bonchev–Trinajstić information content (AvgIpc) is 3.09. The molecular formula is C21H24ClFN6O. The van der Waals surface area contributed by atoms with E-state index in [-0.39, 0.29) is 11.4 Å². The van der Waals surface area contributed by atoms with E-state index in [1.54, 1.807) is 6.33 Å². The Morgan fingerprint density at radius 2 is 1.80 bits per heavy atom. The standard InChI is InChI=1S/C21H24ClFN6O/c22-16-2-15(23)7-24-17(16)1-13-3-20(4-13)8-28(9-20)19(30)29-10-21(11-29)5-14(6-21)18-25-12-26-27-18/h2,7,12-14H,1,3-6,8-11H2,(H,25,26,27). The first-order valence-corrected chi connectivity index (χ1v) is 11.0. The molecule has 2 amide bonds. The van der Waals surface area contributed by atoms with Crippen molar-refractivity contribution in [3.8, 4) is 0 Å². The molecule has 2 aliphatic heterocycles. The molecule has 30 heavy (non-hydrogen) atoms. The number of carbonyl (C=O) groups is 1. The van der Waals surface area contributed by atoms with Crippen molar-refractivity contribution in [1.82, 2.24) is 30.0 Å². The number of amides is 2. The monoisotopic (exact) mass is 430 g/mol. The van der Waals surface area contributed by atoms with E-state index >= 15 is 0 Å². The van der Waals surface area contributed by atoms with Crippen LogP contribution in [-0.4, -0.2) is 62.2 Å². The number of nitrogens with zero attached hydrogens (tertiary/aromatic N) is 5. The summed E-state index contributed by atoms with van der Waals surface area (Å²) in [6.45, 7) is 3.46. The van der Waals surface area contributed by atoms with Gasteiger partial charge in [0.15, 0.2) is 0 Å². The lowest BCUT2D eigenvalue weighted by atomic mass is 9.56. The molecule has 2 aromatic heterocycles. The summed E-state index contributed by atoms with van der Waals surface area (Å²) in [5, 5.41) is 7.31. The molecule has 2 aliphatic carbocycles. The van der Waals surface area contributed by atoms with E-state index in [4.69, 9.17) is 11.6 Å². The Morgan fingerprint density at radius 1 is 1.13 bits per heavy atom. The topological polar surface area (TPSA) is 78.0 Å². The molecule has 2 spiro atoms. The molecule has 2 saturated heterocycles. The van der Waals surface area contributed by atoms with E-state index in [0.29, 0.717) is 22.3 Å². The second kappa shape index (κ2) is 6.39. The van der Waals surface area contributed by atoms with Crippen molar-refractivity contribution in [2.24, 2.45) is 16.7 Å². The van der Waals surface area contributed by atoms with Gasteiger partial charge in [0.25, 0.3) is 0 Å². The highest BCUT2D eigenvalue weighted by Crippen LogP contribution is 2.57. The Kier molecular flexibility index (Phi) is 3.95. The van der Waals surface area contributed by atoms with Crippen LogP contribution >= 0.6 is 11.6 Å². The second-order valence-corrected chi connectivity index (χ2v) is 10.4. The zero-order valence-electron chi connectivity index (χ0n) is 16.7. The largest absolute Gasteiger partial charge is 0.323 e. The molecule has 1 N–H and O–H groups in total. The van der Waals surface area contributed by atoms with Gasteiger partial charge in [-0.25, -0.2) is 14.2 Å². The molecular weight excluding hydrogens is 407 g/mol. The molecule has 158 valence electrons. The molecule has 4 heterocycles. The van der Waals surface area contributed by atoms with Crippen molar-refractivity contribution in [3.63, 3.8) is 0 Å². The van der Waals surface area contributed by atoms with E-state index < -0.39 is 5.82 Å². The van der Waals surface area contributed by atoms with E-state index in [1.807, 2.05) is 9.80 Å². The number of H-pyrrole nitrogens is 1. The summed E-state index contributed by atoms with van der Waals surface area (Å²) < 4.78 is 13.1. The van der Waals surface area contributed by atoms with Gasteiger partial charge >= 0.3 is 6.03 Å². The predicted octanol–water partition coefficient (Wildman–Crippen LogP) is 3.25. The molecule has 9 heteroatoms. The first-order chi connectivity index (χ1) is 14.4. The van der Waals surface area contributed by atoms with Crippen LogP contribution in [0.2, 0.25) is 5.02 Å². The molecule has 0 aromatic carbocycles. The second-order valence-electron chi connectivity index (χ2n) is 10.0. The highest BCUT2D eigenvalue weighted by molar-refractivity contribution is 6.31. The van der Waals surface area contributed by atoms with Crippen molar-refractivity contribution < 1.29 is 9.18 Å². The highest BCUT2D eigenvalue weighted by Gasteiger charge is 2.58. The number of urea groups is 1. The van der Waals surface area contributed by atoms with Crippen molar-refractivity contribution in [2.45, 2.75) is 38.0 Å². The minimum absolute atomic E-state index is 0.195. The maximum Gasteiger partial charge on any atom is 0.320 e. The molecule has 6 rings (SSSR count). The number of halogens is 2. The minimum Gasteiger partial charge on any atom is -0.323 e. The van der Waals surface area contributed by atoms with Crippen LogP contribution in [0.25, 0.3) is 0 Å². The van der Waals surface area contributed by atoms with E-state index in [0.717, 1.165) is 69.8 Å². The van der Waals surface area contributed by atoms with Gasteiger partial charge in [0.2, 0.25) is 0 Å². The zero-order valence-corrected chi connectivity index (χ0v) is 17.4. The van der Waals surface area contributed by atoms with E-state index in [1.165, 1.54) is 12.3 Å². The molecule has 0 unspecified atom stereocenters. The van der Waals surface area contributed by atoms with Gasteiger partial charge in [-0.05, 0) is 44.1 Å².